The summed E-state index contributed by atoms with van der Waals surface area (Å²) in [5.74, 6) is 5.64. The minimum Gasteiger partial charge on any atom is -0.192 e. The average Bonchev–Trinajstić information content (AvgIpc) is 2.37. The molecule has 2 heteroatoms. The minimum atomic E-state index is 0.720. The second kappa shape index (κ2) is 3.06. The molecule has 1 aromatic rings. The average molecular weight is 147 g/mol. The van der Waals surface area contributed by atoms with Crippen molar-refractivity contribution < 1.29 is 0 Å². The van der Waals surface area contributed by atoms with Crippen molar-refractivity contribution in [3.63, 3.8) is 0 Å². The van der Waals surface area contributed by atoms with E-state index in [9.17, 15) is 0 Å². The molecule has 0 bridgehead atoms. The maximum Gasteiger partial charge on any atom is 0.110 e. The zero-order valence-electron chi connectivity index (χ0n) is 5.51. The van der Waals surface area contributed by atoms with Crippen LogP contribution < -0.4 is 0 Å². The molecule has 0 saturated heterocycles. The van der Waals surface area contributed by atoms with E-state index >= 15 is 0 Å². The molecule has 48 valence electrons. The monoisotopic (exact) mass is 147 g/mol. The van der Waals surface area contributed by atoms with Crippen LogP contribution in [0.25, 0.3) is 0 Å². The standard InChI is InChI=1S/C8H5NS/c1-2-3-7-4-8(5-9)10-6-7/h4,6H,1H3. The van der Waals surface area contributed by atoms with E-state index in [2.05, 4.69) is 17.9 Å². The molecule has 0 fully saturated rings. The summed E-state index contributed by atoms with van der Waals surface area (Å²) in [5.41, 5.74) is 0.934. The molecule has 0 radical (unpaired) electrons. The van der Waals surface area contributed by atoms with E-state index in [-0.39, 0.29) is 0 Å². The Hall–Kier alpha value is -1.25. The van der Waals surface area contributed by atoms with Gasteiger partial charge >= 0.3 is 0 Å². The minimum absolute atomic E-state index is 0.720. The van der Waals surface area contributed by atoms with Crippen molar-refractivity contribution in [2.45, 2.75) is 6.92 Å². The topological polar surface area (TPSA) is 23.8 Å². The predicted octanol–water partition coefficient (Wildman–Crippen LogP) is 1.99. The third-order valence-corrected chi connectivity index (χ3v) is 1.81. The van der Waals surface area contributed by atoms with Gasteiger partial charge in [0.2, 0.25) is 0 Å². The summed E-state index contributed by atoms with van der Waals surface area (Å²) >= 11 is 1.43. The van der Waals surface area contributed by atoms with Gasteiger partial charge < -0.3 is 0 Å². The highest BCUT2D eigenvalue weighted by molar-refractivity contribution is 7.10. The normalized spacial score (nSPS) is 7.60. The Labute approximate surface area is 63.9 Å². The van der Waals surface area contributed by atoms with Crippen LogP contribution in [0.15, 0.2) is 11.4 Å². The Bertz CT molecular complexity index is 319. The largest absolute Gasteiger partial charge is 0.192 e. The molecule has 1 heterocycles. The summed E-state index contributed by atoms with van der Waals surface area (Å²) in [4.78, 5) is 0.720. The van der Waals surface area contributed by atoms with Crippen LogP contribution in [0.1, 0.15) is 17.4 Å². The van der Waals surface area contributed by atoms with Gasteiger partial charge in [-0.3, -0.25) is 0 Å². The van der Waals surface area contributed by atoms with E-state index in [4.69, 9.17) is 5.26 Å². The van der Waals surface area contributed by atoms with Crippen LogP contribution in [0.2, 0.25) is 0 Å². The second-order valence-electron chi connectivity index (χ2n) is 1.69. The zero-order chi connectivity index (χ0) is 7.40. The van der Waals surface area contributed by atoms with E-state index in [1.807, 2.05) is 5.38 Å². The van der Waals surface area contributed by atoms with Crippen molar-refractivity contribution >= 4 is 11.3 Å². The van der Waals surface area contributed by atoms with Crippen molar-refractivity contribution in [2.24, 2.45) is 0 Å². The maximum absolute atomic E-state index is 8.43. The molecule has 0 N–H and O–H groups in total. The molecule has 0 aliphatic carbocycles. The molecule has 1 nitrogen and oxygen atoms in total. The van der Waals surface area contributed by atoms with Crippen LogP contribution in [0.3, 0.4) is 0 Å². The van der Waals surface area contributed by atoms with E-state index in [1.54, 1.807) is 13.0 Å². The first kappa shape index (κ1) is 6.86. The summed E-state index contributed by atoms with van der Waals surface area (Å²) in [5, 5.41) is 10.3. The van der Waals surface area contributed by atoms with Crippen LogP contribution in [0, 0.1) is 23.2 Å². The van der Waals surface area contributed by atoms with Gasteiger partial charge in [0.1, 0.15) is 10.9 Å². The van der Waals surface area contributed by atoms with Crippen molar-refractivity contribution in [2.75, 3.05) is 0 Å². The van der Waals surface area contributed by atoms with Crippen molar-refractivity contribution in [3.8, 4) is 17.9 Å². The fraction of sp³-hybridized carbons (Fsp3) is 0.125. The van der Waals surface area contributed by atoms with Crippen molar-refractivity contribution in [1.29, 1.82) is 5.26 Å². The first-order valence-corrected chi connectivity index (χ1v) is 3.66. The zero-order valence-corrected chi connectivity index (χ0v) is 6.33. The van der Waals surface area contributed by atoms with Crippen LogP contribution >= 0.6 is 11.3 Å². The molecular formula is C8H5NS. The summed E-state index contributed by atoms with van der Waals surface area (Å²) < 4.78 is 0. The molecule has 0 spiro atoms. The van der Waals surface area contributed by atoms with Crippen LogP contribution in [-0.2, 0) is 0 Å². The number of thiophene rings is 1. The molecule has 0 amide bonds. The molecule has 0 saturated carbocycles. The quantitative estimate of drug-likeness (QED) is 0.515. The van der Waals surface area contributed by atoms with E-state index in [0.717, 1.165) is 10.4 Å². The van der Waals surface area contributed by atoms with Crippen LogP contribution in [-0.4, -0.2) is 0 Å². The third-order valence-electron chi connectivity index (χ3n) is 0.979. The van der Waals surface area contributed by atoms with Crippen LogP contribution in [0.5, 0.6) is 0 Å². The Balaban J connectivity index is 2.98. The smallest absolute Gasteiger partial charge is 0.110 e. The highest BCUT2D eigenvalue weighted by Gasteiger charge is 1.92. The van der Waals surface area contributed by atoms with Gasteiger partial charge in [-0.1, -0.05) is 5.92 Å². The molecule has 0 aliphatic heterocycles. The molecule has 1 aromatic heterocycles. The fourth-order valence-corrected chi connectivity index (χ4v) is 1.23. The first-order chi connectivity index (χ1) is 4.86. The second-order valence-corrected chi connectivity index (χ2v) is 2.60. The first-order valence-electron chi connectivity index (χ1n) is 2.78. The fourth-order valence-electron chi connectivity index (χ4n) is 0.605. The molecule has 1 rings (SSSR count). The summed E-state index contributed by atoms with van der Waals surface area (Å²) in [6.45, 7) is 1.78. The highest BCUT2D eigenvalue weighted by Crippen LogP contribution is 2.11. The van der Waals surface area contributed by atoms with Gasteiger partial charge in [-0.2, -0.15) is 5.26 Å². The predicted molar refractivity (Wildman–Crippen MR) is 41.6 cm³/mol. The Kier molecular flexibility index (Phi) is 2.10. The van der Waals surface area contributed by atoms with Gasteiger partial charge in [0.25, 0.3) is 0 Å². The third kappa shape index (κ3) is 1.37. The van der Waals surface area contributed by atoms with Gasteiger partial charge in [-0.05, 0) is 13.0 Å². The number of hydrogen-bond acceptors (Lipinski definition) is 2. The lowest BCUT2D eigenvalue weighted by atomic mass is 10.3. The summed E-state index contributed by atoms with van der Waals surface area (Å²) in [6, 6.07) is 3.85. The van der Waals surface area contributed by atoms with Gasteiger partial charge in [0, 0.05) is 10.9 Å². The summed E-state index contributed by atoms with van der Waals surface area (Å²) in [6.07, 6.45) is 0. The lowest BCUT2D eigenvalue weighted by Crippen LogP contribution is -1.61. The number of rotatable bonds is 0. The van der Waals surface area contributed by atoms with Gasteiger partial charge in [0.05, 0.1) is 0 Å². The summed E-state index contributed by atoms with van der Waals surface area (Å²) in [7, 11) is 0. The van der Waals surface area contributed by atoms with E-state index in [1.165, 1.54) is 11.3 Å². The lowest BCUT2D eigenvalue weighted by Gasteiger charge is -1.71. The molecular weight excluding hydrogens is 142 g/mol. The van der Waals surface area contributed by atoms with Crippen LogP contribution in [0.4, 0.5) is 0 Å². The molecule has 0 aliphatic rings. The van der Waals surface area contributed by atoms with Gasteiger partial charge in [0.15, 0.2) is 0 Å². The van der Waals surface area contributed by atoms with Crippen molar-refractivity contribution in [1.82, 2.24) is 0 Å². The van der Waals surface area contributed by atoms with Crippen molar-refractivity contribution in [3.05, 3.63) is 21.9 Å². The maximum atomic E-state index is 8.43. The number of nitrogens with zero attached hydrogens (tertiary/aromatic N) is 1. The number of hydrogen-bond donors (Lipinski definition) is 0. The van der Waals surface area contributed by atoms with E-state index in [0.29, 0.717) is 0 Å². The highest BCUT2D eigenvalue weighted by atomic mass is 32.1. The Morgan fingerprint density at radius 3 is 2.90 bits per heavy atom. The van der Waals surface area contributed by atoms with Gasteiger partial charge in [-0.25, -0.2) is 0 Å². The SMILES string of the molecule is CC#Cc1csc(C#N)c1. The van der Waals surface area contributed by atoms with Gasteiger partial charge in [-0.15, -0.1) is 17.3 Å². The molecule has 10 heavy (non-hydrogen) atoms. The molecule has 0 aromatic carbocycles. The Morgan fingerprint density at radius 1 is 1.60 bits per heavy atom. The molecule has 0 atom stereocenters. The van der Waals surface area contributed by atoms with E-state index < -0.39 is 0 Å². The number of nitriles is 1. The lowest BCUT2D eigenvalue weighted by molar-refractivity contribution is 1.52. The Morgan fingerprint density at radius 2 is 2.40 bits per heavy atom. The molecule has 0 unspecified atom stereocenters.